The molecular formula is C13H16N4. The fraction of sp³-hybridized carbons (Fsp3) is 0.231. The van der Waals surface area contributed by atoms with E-state index in [1.165, 1.54) is 5.56 Å². The third kappa shape index (κ3) is 2.72. The molecule has 0 amide bonds. The highest BCUT2D eigenvalue weighted by atomic mass is 15.1. The third-order valence-corrected chi connectivity index (χ3v) is 2.52. The number of anilines is 3. The van der Waals surface area contributed by atoms with Gasteiger partial charge in [-0.15, -0.1) is 0 Å². The monoisotopic (exact) mass is 228 g/mol. The maximum atomic E-state index is 4.38. The van der Waals surface area contributed by atoms with Gasteiger partial charge in [0.1, 0.15) is 5.82 Å². The molecule has 0 atom stereocenters. The van der Waals surface area contributed by atoms with Gasteiger partial charge in [0.25, 0.3) is 0 Å². The van der Waals surface area contributed by atoms with Gasteiger partial charge in [-0.2, -0.15) is 4.98 Å². The van der Waals surface area contributed by atoms with Gasteiger partial charge in [-0.3, -0.25) is 0 Å². The summed E-state index contributed by atoms with van der Waals surface area (Å²) in [5.41, 5.74) is 3.25. The van der Waals surface area contributed by atoms with Crippen LogP contribution in [0.15, 0.2) is 30.5 Å². The van der Waals surface area contributed by atoms with E-state index in [9.17, 15) is 0 Å². The molecule has 4 heteroatoms. The number of hydrogen-bond donors (Lipinski definition) is 2. The Morgan fingerprint density at radius 1 is 1.06 bits per heavy atom. The minimum atomic E-state index is 0.601. The molecule has 0 saturated heterocycles. The van der Waals surface area contributed by atoms with Crippen LogP contribution < -0.4 is 10.6 Å². The molecule has 0 spiro atoms. The number of aryl methyl sites for hydroxylation is 2. The first-order valence-electron chi connectivity index (χ1n) is 5.54. The van der Waals surface area contributed by atoms with Crippen molar-refractivity contribution in [3.8, 4) is 0 Å². The van der Waals surface area contributed by atoms with Crippen LogP contribution >= 0.6 is 0 Å². The molecule has 0 aliphatic rings. The summed E-state index contributed by atoms with van der Waals surface area (Å²) in [6, 6.07) is 8.13. The Morgan fingerprint density at radius 2 is 1.76 bits per heavy atom. The molecule has 0 aliphatic heterocycles. The smallest absolute Gasteiger partial charge is 0.229 e. The topological polar surface area (TPSA) is 49.8 Å². The minimum Gasteiger partial charge on any atom is -0.373 e. The van der Waals surface area contributed by atoms with Crippen molar-refractivity contribution >= 4 is 17.5 Å². The van der Waals surface area contributed by atoms with Crippen LogP contribution in [0.1, 0.15) is 11.1 Å². The van der Waals surface area contributed by atoms with Gasteiger partial charge >= 0.3 is 0 Å². The first-order valence-corrected chi connectivity index (χ1v) is 5.54. The summed E-state index contributed by atoms with van der Waals surface area (Å²) in [4.78, 5) is 8.62. The predicted octanol–water partition coefficient (Wildman–Crippen LogP) is 2.88. The van der Waals surface area contributed by atoms with Crippen LogP contribution in [0.2, 0.25) is 0 Å². The second-order valence-corrected chi connectivity index (χ2v) is 3.97. The Morgan fingerprint density at radius 3 is 2.41 bits per heavy atom. The molecule has 17 heavy (non-hydrogen) atoms. The zero-order valence-corrected chi connectivity index (χ0v) is 10.3. The highest BCUT2D eigenvalue weighted by Gasteiger charge is 2.02. The highest BCUT2D eigenvalue weighted by molar-refractivity contribution is 5.56. The molecule has 1 aromatic carbocycles. The SMILES string of the molecule is CNc1nc(Nc2ccc(C)cc2)ncc1C. The normalized spacial score (nSPS) is 10.1. The van der Waals surface area contributed by atoms with E-state index in [-0.39, 0.29) is 0 Å². The molecule has 0 bridgehead atoms. The zero-order valence-electron chi connectivity index (χ0n) is 10.3. The lowest BCUT2D eigenvalue weighted by atomic mass is 10.2. The van der Waals surface area contributed by atoms with Gasteiger partial charge < -0.3 is 10.6 Å². The van der Waals surface area contributed by atoms with Crippen molar-refractivity contribution < 1.29 is 0 Å². The van der Waals surface area contributed by atoms with Gasteiger partial charge in [0, 0.05) is 24.5 Å². The van der Waals surface area contributed by atoms with E-state index in [1.807, 2.05) is 26.1 Å². The predicted molar refractivity (Wildman–Crippen MR) is 70.8 cm³/mol. The third-order valence-electron chi connectivity index (χ3n) is 2.52. The first kappa shape index (κ1) is 11.4. The standard InChI is InChI=1S/C13H16N4/c1-9-4-6-11(7-5-9)16-13-15-8-10(2)12(14-3)17-13/h4-8H,1-3H3,(H2,14,15,16,17). The van der Waals surface area contributed by atoms with Crippen LogP contribution in [0.5, 0.6) is 0 Å². The van der Waals surface area contributed by atoms with Gasteiger partial charge in [-0.1, -0.05) is 17.7 Å². The Balaban J connectivity index is 2.21. The summed E-state index contributed by atoms with van der Waals surface area (Å²) < 4.78 is 0. The van der Waals surface area contributed by atoms with Crippen LogP contribution in [-0.2, 0) is 0 Å². The van der Waals surface area contributed by atoms with E-state index in [4.69, 9.17) is 0 Å². The number of benzene rings is 1. The summed E-state index contributed by atoms with van der Waals surface area (Å²) in [5.74, 6) is 1.44. The fourth-order valence-corrected chi connectivity index (χ4v) is 1.52. The maximum Gasteiger partial charge on any atom is 0.229 e. The minimum absolute atomic E-state index is 0.601. The number of rotatable bonds is 3. The summed E-state index contributed by atoms with van der Waals surface area (Å²) in [7, 11) is 1.85. The highest BCUT2D eigenvalue weighted by Crippen LogP contribution is 2.16. The zero-order chi connectivity index (χ0) is 12.3. The van der Waals surface area contributed by atoms with Gasteiger partial charge in [0.15, 0.2) is 0 Å². The van der Waals surface area contributed by atoms with Crippen molar-refractivity contribution in [3.05, 3.63) is 41.6 Å². The number of hydrogen-bond acceptors (Lipinski definition) is 4. The molecular weight excluding hydrogens is 212 g/mol. The Labute approximate surface area is 101 Å². The Hall–Kier alpha value is -2.10. The van der Waals surface area contributed by atoms with Crippen molar-refractivity contribution in [2.75, 3.05) is 17.7 Å². The molecule has 88 valence electrons. The van der Waals surface area contributed by atoms with Crippen molar-refractivity contribution in [1.82, 2.24) is 9.97 Å². The molecule has 4 nitrogen and oxygen atoms in total. The van der Waals surface area contributed by atoms with Crippen LogP contribution in [0.3, 0.4) is 0 Å². The molecule has 0 aliphatic carbocycles. The van der Waals surface area contributed by atoms with Crippen LogP contribution in [0.25, 0.3) is 0 Å². The quantitative estimate of drug-likeness (QED) is 0.848. The van der Waals surface area contributed by atoms with E-state index < -0.39 is 0 Å². The second-order valence-electron chi connectivity index (χ2n) is 3.97. The molecule has 0 unspecified atom stereocenters. The van der Waals surface area contributed by atoms with Gasteiger partial charge in [0.05, 0.1) is 0 Å². The Bertz CT molecular complexity index is 505. The summed E-state index contributed by atoms with van der Waals surface area (Å²) >= 11 is 0. The van der Waals surface area contributed by atoms with E-state index in [0.717, 1.165) is 17.1 Å². The van der Waals surface area contributed by atoms with Gasteiger partial charge in [0.2, 0.25) is 5.95 Å². The largest absolute Gasteiger partial charge is 0.373 e. The van der Waals surface area contributed by atoms with E-state index in [2.05, 4.69) is 39.7 Å². The van der Waals surface area contributed by atoms with Crippen molar-refractivity contribution in [2.24, 2.45) is 0 Å². The summed E-state index contributed by atoms with van der Waals surface area (Å²) in [5, 5.41) is 6.21. The molecule has 2 N–H and O–H groups in total. The average Bonchev–Trinajstić information content (AvgIpc) is 2.34. The fourth-order valence-electron chi connectivity index (χ4n) is 1.52. The number of nitrogens with zero attached hydrogens (tertiary/aromatic N) is 2. The van der Waals surface area contributed by atoms with E-state index in [1.54, 1.807) is 6.20 Å². The first-order chi connectivity index (χ1) is 8.19. The summed E-state index contributed by atoms with van der Waals surface area (Å²) in [6.45, 7) is 4.03. The van der Waals surface area contributed by atoms with Crippen molar-refractivity contribution in [2.45, 2.75) is 13.8 Å². The van der Waals surface area contributed by atoms with Crippen LogP contribution in [0, 0.1) is 13.8 Å². The summed E-state index contributed by atoms with van der Waals surface area (Å²) in [6.07, 6.45) is 1.80. The maximum absolute atomic E-state index is 4.38. The van der Waals surface area contributed by atoms with Crippen LogP contribution in [0.4, 0.5) is 17.5 Å². The molecule has 0 fully saturated rings. The van der Waals surface area contributed by atoms with E-state index >= 15 is 0 Å². The lowest BCUT2D eigenvalue weighted by Crippen LogP contribution is -2.02. The molecule has 2 aromatic rings. The number of aromatic nitrogens is 2. The van der Waals surface area contributed by atoms with E-state index in [0.29, 0.717) is 5.95 Å². The van der Waals surface area contributed by atoms with Gasteiger partial charge in [-0.05, 0) is 26.0 Å². The van der Waals surface area contributed by atoms with Crippen molar-refractivity contribution in [3.63, 3.8) is 0 Å². The molecule has 1 heterocycles. The second kappa shape index (κ2) is 4.82. The van der Waals surface area contributed by atoms with Crippen molar-refractivity contribution in [1.29, 1.82) is 0 Å². The van der Waals surface area contributed by atoms with Crippen LogP contribution in [-0.4, -0.2) is 17.0 Å². The number of nitrogens with one attached hydrogen (secondary N) is 2. The molecule has 0 radical (unpaired) electrons. The lowest BCUT2D eigenvalue weighted by Gasteiger charge is -2.08. The Kier molecular flexibility index (Phi) is 3.23. The van der Waals surface area contributed by atoms with Gasteiger partial charge in [-0.25, -0.2) is 4.98 Å². The lowest BCUT2D eigenvalue weighted by molar-refractivity contribution is 1.12. The molecule has 0 saturated carbocycles. The average molecular weight is 228 g/mol. The molecule has 1 aromatic heterocycles. The molecule has 2 rings (SSSR count).